The maximum Gasteiger partial charge on any atom is 0.175 e. The van der Waals surface area contributed by atoms with Gasteiger partial charge in [-0.2, -0.15) is 0 Å². The number of nitrogens with zero attached hydrogens (tertiary/aromatic N) is 2. The molecule has 0 spiro atoms. The summed E-state index contributed by atoms with van der Waals surface area (Å²) >= 11 is 3.27. The second-order valence-corrected chi connectivity index (χ2v) is 7.00. The molecule has 0 fully saturated rings. The van der Waals surface area contributed by atoms with E-state index in [1.54, 1.807) is 6.20 Å². The SMILES string of the molecule is CC(C)CN(c1ccccc1)c1ncc(C(=O)CBr)c2ccccc12. The minimum atomic E-state index is 0.0466. The van der Waals surface area contributed by atoms with E-state index in [9.17, 15) is 4.79 Å². The summed E-state index contributed by atoms with van der Waals surface area (Å²) in [5.41, 5.74) is 1.77. The van der Waals surface area contributed by atoms with Gasteiger partial charge in [-0.15, -0.1) is 0 Å². The van der Waals surface area contributed by atoms with Crippen LogP contribution in [0.15, 0.2) is 60.8 Å². The standard InChI is InChI=1S/C21H21BrN2O/c1-15(2)14-24(16-8-4-3-5-9-16)21-18-11-7-6-10-17(18)19(13-23-21)20(25)12-22/h3-11,13,15H,12,14H2,1-2H3. The van der Waals surface area contributed by atoms with E-state index < -0.39 is 0 Å². The van der Waals surface area contributed by atoms with Crippen molar-refractivity contribution >= 4 is 44.0 Å². The summed E-state index contributed by atoms with van der Waals surface area (Å²) in [5, 5.41) is 2.24. The molecule has 0 atom stereocenters. The summed E-state index contributed by atoms with van der Waals surface area (Å²) < 4.78 is 0. The van der Waals surface area contributed by atoms with Gasteiger partial charge in [-0.25, -0.2) is 4.98 Å². The number of hydrogen-bond donors (Lipinski definition) is 0. The summed E-state index contributed by atoms with van der Waals surface area (Å²) in [7, 11) is 0. The molecule has 0 aliphatic rings. The molecule has 0 N–H and O–H groups in total. The number of ketones is 1. The van der Waals surface area contributed by atoms with Crippen molar-refractivity contribution in [2.24, 2.45) is 5.92 Å². The fourth-order valence-corrected chi connectivity index (χ4v) is 3.28. The number of halogens is 1. The second-order valence-electron chi connectivity index (χ2n) is 6.44. The third-order valence-corrected chi connectivity index (χ3v) is 4.58. The minimum absolute atomic E-state index is 0.0466. The van der Waals surface area contributed by atoms with E-state index in [0.717, 1.165) is 28.8 Å². The van der Waals surface area contributed by atoms with Crippen LogP contribution in [0.3, 0.4) is 0 Å². The molecule has 0 bridgehead atoms. The van der Waals surface area contributed by atoms with Crippen LogP contribution in [0.5, 0.6) is 0 Å². The van der Waals surface area contributed by atoms with Crippen molar-refractivity contribution < 1.29 is 4.79 Å². The molecule has 25 heavy (non-hydrogen) atoms. The minimum Gasteiger partial charge on any atom is -0.326 e. The van der Waals surface area contributed by atoms with Crippen LogP contribution in [0.1, 0.15) is 24.2 Å². The largest absolute Gasteiger partial charge is 0.326 e. The Labute approximate surface area is 156 Å². The van der Waals surface area contributed by atoms with Gasteiger partial charge in [0.05, 0.1) is 5.33 Å². The molecule has 3 aromatic rings. The van der Waals surface area contributed by atoms with Gasteiger partial charge in [0.25, 0.3) is 0 Å². The Hall–Kier alpha value is -2.20. The molecule has 1 aromatic heterocycles. The number of fused-ring (bicyclic) bond motifs is 1. The Balaban J connectivity index is 2.20. The molecule has 3 rings (SSSR count). The number of carbonyl (C=O) groups is 1. The third kappa shape index (κ3) is 3.74. The van der Waals surface area contributed by atoms with Crippen LogP contribution >= 0.6 is 15.9 Å². The number of carbonyl (C=O) groups excluding carboxylic acids is 1. The van der Waals surface area contributed by atoms with Gasteiger partial charge < -0.3 is 4.90 Å². The lowest BCUT2D eigenvalue weighted by Crippen LogP contribution is -2.23. The third-order valence-electron chi connectivity index (χ3n) is 4.07. The summed E-state index contributed by atoms with van der Waals surface area (Å²) in [5.74, 6) is 1.41. The van der Waals surface area contributed by atoms with Gasteiger partial charge in [0, 0.05) is 29.4 Å². The fraction of sp³-hybridized carbons (Fsp3) is 0.238. The number of aromatic nitrogens is 1. The molecule has 1 heterocycles. The molecular weight excluding hydrogens is 376 g/mol. The van der Waals surface area contributed by atoms with Crippen molar-refractivity contribution in [2.75, 3.05) is 16.8 Å². The van der Waals surface area contributed by atoms with Gasteiger partial charge >= 0.3 is 0 Å². The number of Topliss-reactive ketones (excluding diaryl/α,β-unsaturated/α-hetero) is 1. The molecule has 2 aromatic carbocycles. The Morgan fingerprint density at radius 1 is 1.04 bits per heavy atom. The van der Waals surface area contributed by atoms with Crippen LogP contribution in [0, 0.1) is 5.92 Å². The van der Waals surface area contributed by atoms with Crippen LogP contribution in [0.25, 0.3) is 10.8 Å². The molecule has 0 unspecified atom stereocenters. The van der Waals surface area contributed by atoms with E-state index >= 15 is 0 Å². The highest BCUT2D eigenvalue weighted by Gasteiger charge is 2.18. The lowest BCUT2D eigenvalue weighted by atomic mass is 10.0. The van der Waals surface area contributed by atoms with Crippen molar-refractivity contribution in [1.82, 2.24) is 4.98 Å². The maximum atomic E-state index is 12.3. The van der Waals surface area contributed by atoms with Gasteiger partial charge in [0.1, 0.15) is 5.82 Å². The van der Waals surface area contributed by atoms with Crippen molar-refractivity contribution in [3.8, 4) is 0 Å². The molecular formula is C21H21BrN2O. The average Bonchev–Trinajstić information content (AvgIpc) is 2.65. The Morgan fingerprint density at radius 2 is 1.68 bits per heavy atom. The zero-order valence-electron chi connectivity index (χ0n) is 14.4. The van der Waals surface area contributed by atoms with Crippen molar-refractivity contribution in [3.63, 3.8) is 0 Å². The predicted molar refractivity (Wildman–Crippen MR) is 108 cm³/mol. The second kappa shape index (κ2) is 7.79. The highest BCUT2D eigenvalue weighted by atomic mass is 79.9. The van der Waals surface area contributed by atoms with E-state index in [2.05, 4.69) is 51.8 Å². The predicted octanol–water partition coefficient (Wildman–Crippen LogP) is 5.61. The molecule has 0 aliphatic carbocycles. The summed E-state index contributed by atoms with van der Waals surface area (Å²) in [4.78, 5) is 19.2. The molecule has 0 saturated heterocycles. The smallest absolute Gasteiger partial charge is 0.175 e. The van der Waals surface area contributed by atoms with E-state index in [-0.39, 0.29) is 5.78 Å². The zero-order chi connectivity index (χ0) is 17.8. The monoisotopic (exact) mass is 396 g/mol. The van der Waals surface area contributed by atoms with Crippen LogP contribution in [-0.4, -0.2) is 22.6 Å². The van der Waals surface area contributed by atoms with Gasteiger partial charge in [0.2, 0.25) is 0 Å². The van der Waals surface area contributed by atoms with E-state index in [1.165, 1.54) is 0 Å². The summed E-state index contributed by atoms with van der Waals surface area (Å²) in [6, 6.07) is 18.3. The van der Waals surface area contributed by atoms with Gasteiger partial charge in [-0.3, -0.25) is 4.79 Å². The molecule has 0 saturated carbocycles. The van der Waals surface area contributed by atoms with E-state index in [0.29, 0.717) is 16.8 Å². The molecule has 128 valence electrons. The lowest BCUT2D eigenvalue weighted by molar-refractivity contribution is 0.102. The highest BCUT2D eigenvalue weighted by molar-refractivity contribution is 9.09. The normalized spacial score (nSPS) is 11.0. The zero-order valence-corrected chi connectivity index (χ0v) is 16.0. The number of para-hydroxylation sites is 1. The average molecular weight is 397 g/mol. The molecule has 0 radical (unpaired) electrons. The van der Waals surface area contributed by atoms with Gasteiger partial charge in [0.15, 0.2) is 5.78 Å². The number of benzene rings is 2. The molecule has 0 aliphatic heterocycles. The highest BCUT2D eigenvalue weighted by Crippen LogP contribution is 2.32. The Morgan fingerprint density at radius 3 is 2.32 bits per heavy atom. The topological polar surface area (TPSA) is 33.2 Å². The first-order valence-electron chi connectivity index (χ1n) is 8.41. The number of anilines is 2. The first-order chi connectivity index (χ1) is 12.1. The van der Waals surface area contributed by atoms with E-state index in [4.69, 9.17) is 0 Å². The first kappa shape index (κ1) is 17.6. The van der Waals surface area contributed by atoms with E-state index in [1.807, 2.05) is 42.5 Å². The van der Waals surface area contributed by atoms with Crippen molar-refractivity contribution in [1.29, 1.82) is 0 Å². The van der Waals surface area contributed by atoms with Gasteiger partial charge in [-0.05, 0) is 23.4 Å². The lowest BCUT2D eigenvalue weighted by Gasteiger charge is -2.27. The number of hydrogen-bond acceptors (Lipinski definition) is 3. The van der Waals surface area contributed by atoms with Crippen molar-refractivity contribution in [3.05, 3.63) is 66.4 Å². The fourth-order valence-electron chi connectivity index (χ4n) is 2.97. The maximum absolute atomic E-state index is 12.3. The summed E-state index contributed by atoms with van der Waals surface area (Å²) in [6.07, 6.45) is 1.71. The molecule has 3 nitrogen and oxygen atoms in total. The van der Waals surface area contributed by atoms with Crippen LogP contribution < -0.4 is 4.90 Å². The first-order valence-corrected chi connectivity index (χ1v) is 9.53. The van der Waals surface area contributed by atoms with Crippen molar-refractivity contribution in [2.45, 2.75) is 13.8 Å². The van der Waals surface area contributed by atoms with Crippen LogP contribution in [0.4, 0.5) is 11.5 Å². The van der Waals surface area contributed by atoms with Crippen LogP contribution in [-0.2, 0) is 0 Å². The number of alkyl halides is 1. The van der Waals surface area contributed by atoms with Gasteiger partial charge in [-0.1, -0.05) is 72.2 Å². The Kier molecular flexibility index (Phi) is 5.49. The quantitative estimate of drug-likeness (QED) is 0.401. The molecule has 0 amide bonds. The number of pyridine rings is 1. The van der Waals surface area contributed by atoms with Crippen LogP contribution in [0.2, 0.25) is 0 Å². The number of rotatable bonds is 6. The Bertz CT molecular complexity index is 877. The molecule has 4 heteroatoms. The summed E-state index contributed by atoms with van der Waals surface area (Å²) in [6.45, 7) is 5.24.